The van der Waals surface area contributed by atoms with Gasteiger partial charge in [-0.05, 0) is 32.8 Å². The number of amides is 1. The van der Waals surface area contributed by atoms with E-state index in [4.69, 9.17) is 9.72 Å². The van der Waals surface area contributed by atoms with Gasteiger partial charge >= 0.3 is 6.09 Å². The molecule has 2 heterocycles. The topological polar surface area (TPSA) is 45.7 Å². The van der Waals surface area contributed by atoms with Crippen molar-refractivity contribution in [3.63, 3.8) is 0 Å². The summed E-state index contributed by atoms with van der Waals surface area (Å²) in [5.74, 6) is 0. The Morgan fingerprint density at radius 1 is 1.15 bits per heavy atom. The molecule has 0 bridgehead atoms. The predicted molar refractivity (Wildman–Crippen MR) is 109 cm³/mol. The van der Waals surface area contributed by atoms with Gasteiger partial charge in [0.1, 0.15) is 5.60 Å². The van der Waals surface area contributed by atoms with Crippen LogP contribution in [0.25, 0.3) is 0 Å². The maximum Gasteiger partial charge on any atom is 0.410 e. The molecule has 0 radical (unpaired) electrons. The van der Waals surface area contributed by atoms with Crippen LogP contribution in [-0.4, -0.2) is 52.7 Å². The van der Waals surface area contributed by atoms with Crippen LogP contribution in [-0.2, 0) is 17.7 Å². The summed E-state index contributed by atoms with van der Waals surface area (Å²) in [6.07, 6.45) is 1.64. The summed E-state index contributed by atoms with van der Waals surface area (Å²) in [5, 5.41) is 3.32. The molecule has 1 aliphatic rings. The molecular formula is C21H29N3O2S. The highest BCUT2D eigenvalue weighted by atomic mass is 32.1. The molecule has 0 saturated carbocycles. The minimum atomic E-state index is -0.446. The summed E-state index contributed by atoms with van der Waals surface area (Å²) >= 11 is 1.73. The SMILES string of the molecule is CC(C)(C)OC(=O)N1CCCN(Cc2csc(Cc3ccccc3)n2)CC1. The second kappa shape index (κ2) is 8.85. The van der Waals surface area contributed by atoms with Gasteiger partial charge in [-0.2, -0.15) is 0 Å². The van der Waals surface area contributed by atoms with E-state index in [-0.39, 0.29) is 6.09 Å². The number of thiazole rings is 1. The van der Waals surface area contributed by atoms with Gasteiger partial charge in [0.05, 0.1) is 10.7 Å². The fourth-order valence-electron chi connectivity index (χ4n) is 3.14. The van der Waals surface area contributed by atoms with Crippen molar-refractivity contribution in [1.29, 1.82) is 0 Å². The van der Waals surface area contributed by atoms with E-state index in [0.717, 1.165) is 49.7 Å². The Hall–Kier alpha value is -1.92. The summed E-state index contributed by atoms with van der Waals surface area (Å²) in [6.45, 7) is 9.85. The molecular weight excluding hydrogens is 358 g/mol. The Balaban J connectivity index is 1.51. The molecule has 1 fully saturated rings. The van der Waals surface area contributed by atoms with Crippen LogP contribution >= 0.6 is 11.3 Å². The summed E-state index contributed by atoms with van der Waals surface area (Å²) in [5.41, 5.74) is 1.97. The quantitative estimate of drug-likeness (QED) is 0.790. The number of hydrogen-bond acceptors (Lipinski definition) is 5. The average Bonchev–Trinajstić information content (AvgIpc) is 2.89. The first-order valence-corrected chi connectivity index (χ1v) is 10.4. The molecule has 0 spiro atoms. The van der Waals surface area contributed by atoms with E-state index >= 15 is 0 Å². The number of ether oxygens (including phenoxy) is 1. The smallest absolute Gasteiger partial charge is 0.410 e. The molecule has 0 aliphatic carbocycles. The first-order valence-electron chi connectivity index (χ1n) is 9.56. The van der Waals surface area contributed by atoms with Crippen molar-refractivity contribution in [3.8, 4) is 0 Å². The standard InChI is InChI=1S/C21H29N3O2S/c1-21(2,3)26-20(25)24-11-7-10-23(12-13-24)15-18-16-27-19(22-18)14-17-8-5-4-6-9-17/h4-6,8-9,16H,7,10-15H2,1-3H3. The van der Waals surface area contributed by atoms with Gasteiger partial charge in [-0.15, -0.1) is 11.3 Å². The molecule has 0 unspecified atom stereocenters. The number of carbonyl (C=O) groups is 1. The normalized spacial score (nSPS) is 16.2. The monoisotopic (exact) mass is 387 g/mol. The summed E-state index contributed by atoms with van der Waals surface area (Å²) < 4.78 is 5.50. The minimum Gasteiger partial charge on any atom is -0.444 e. The van der Waals surface area contributed by atoms with Gasteiger partial charge in [0.2, 0.25) is 0 Å². The van der Waals surface area contributed by atoms with E-state index in [9.17, 15) is 4.79 Å². The molecule has 27 heavy (non-hydrogen) atoms. The first kappa shape index (κ1) is 19.8. The number of rotatable bonds is 4. The van der Waals surface area contributed by atoms with Crippen LogP contribution < -0.4 is 0 Å². The highest BCUT2D eigenvalue weighted by molar-refractivity contribution is 7.09. The lowest BCUT2D eigenvalue weighted by molar-refractivity contribution is 0.0257. The van der Waals surface area contributed by atoms with Crippen molar-refractivity contribution in [3.05, 3.63) is 52.0 Å². The zero-order chi connectivity index (χ0) is 19.3. The summed E-state index contributed by atoms with van der Waals surface area (Å²) in [4.78, 5) is 21.3. The maximum absolute atomic E-state index is 12.3. The number of nitrogens with zero attached hydrogens (tertiary/aromatic N) is 3. The molecule has 1 aromatic carbocycles. The van der Waals surface area contributed by atoms with Gasteiger partial charge in [-0.25, -0.2) is 9.78 Å². The van der Waals surface area contributed by atoms with E-state index in [0.29, 0.717) is 6.54 Å². The fourth-order valence-corrected chi connectivity index (χ4v) is 3.96. The number of carbonyl (C=O) groups excluding carboxylic acids is 1. The van der Waals surface area contributed by atoms with Crippen molar-refractivity contribution in [2.45, 2.75) is 45.8 Å². The lowest BCUT2D eigenvalue weighted by atomic mass is 10.2. The van der Waals surface area contributed by atoms with Crippen LogP contribution in [0, 0.1) is 0 Å². The van der Waals surface area contributed by atoms with Crippen molar-refractivity contribution in [2.24, 2.45) is 0 Å². The maximum atomic E-state index is 12.3. The van der Waals surface area contributed by atoms with Gasteiger partial charge in [-0.1, -0.05) is 30.3 Å². The predicted octanol–water partition coefficient (Wildman–Crippen LogP) is 4.18. The van der Waals surface area contributed by atoms with Crippen molar-refractivity contribution in [2.75, 3.05) is 26.2 Å². The highest BCUT2D eigenvalue weighted by Gasteiger charge is 2.24. The Morgan fingerprint density at radius 2 is 1.93 bits per heavy atom. The lowest BCUT2D eigenvalue weighted by Gasteiger charge is -2.26. The minimum absolute atomic E-state index is 0.205. The Bertz CT molecular complexity index is 739. The van der Waals surface area contributed by atoms with Crippen LogP contribution in [0.5, 0.6) is 0 Å². The molecule has 1 aliphatic heterocycles. The third-order valence-electron chi connectivity index (χ3n) is 4.42. The first-order chi connectivity index (χ1) is 12.9. The van der Waals surface area contributed by atoms with Crippen LogP contribution in [0.2, 0.25) is 0 Å². The van der Waals surface area contributed by atoms with Crippen LogP contribution in [0.15, 0.2) is 35.7 Å². The van der Waals surface area contributed by atoms with E-state index < -0.39 is 5.60 Å². The number of benzene rings is 1. The zero-order valence-corrected chi connectivity index (χ0v) is 17.3. The number of hydrogen-bond donors (Lipinski definition) is 0. The van der Waals surface area contributed by atoms with Crippen molar-refractivity contribution >= 4 is 17.4 Å². The molecule has 5 nitrogen and oxygen atoms in total. The lowest BCUT2D eigenvalue weighted by Crippen LogP contribution is -2.39. The largest absolute Gasteiger partial charge is 0.444 e. The van der Waals surface area contributed by atoms with Gasteiger partial charge < -0.3 is 9.64 Å². The molecule has 6 heteroatoms. The van der Waals surface area contributed by atoms with Gasteiger partial charge in [0, 0.05) is 44.5 Å². The van der Waals surface area contributed by atoms with Gasteiger partial charge in [-0.3, -0.25) is 4.90 Å². The molecule has 2 aromatic rings. The molecule has 146 valence electrons. The van der Waals surface area contributed by atoms with Crippen LogP contribution in [0.1, 0.15) is 43.5 Å². The Morgan fingerprint density at radius 3 is 2.67 bits per heavy atom. The fraction of sp³-hybridized carbons (Fsp3) is 0.524. The molecule has 1 saturated heterocycles. The van der Waals surface area contributed by atoms with E-state index in [2.05, 4.69) is 34.5 Å². The molecule has 0 N–H and O–H groups in total. The summed E-state index contributed by atoms with van der Waals surface area (Å²) in [7, 11) is 0. The molecule has 1 amide bonds. The number of aromatic nitrogens is 1. The molecule has 0 atom stereocenters. The van der Waals surface area contributed by atoms with Crippen molar-refractivity contribution in [1.82, 2.24) is 14.8 Å². The second-order valence-corrected chi connectivity index (χ2v) is 8.93. The Kier molecular flexibility index (Phi) is 6.50. The van der Waals surface area contributed by atoms with E-state index in [1.54, 1.807) is 11.3 Å². The van der Waals surface area contributed by atoms with Gasteiger partial charge in [0.25, 0.3) is 0 Å². The highest BCUT2D eigenvalue weighted by Crippen LogP contribution is 2.17. The molecule has 1 aromatic heterocycles. The van der Waals surface area contributed by atoms with Crippen LogP contribution in [0.4, 0.5) is 4.79 Å². The summed E-state index contributed by atoms with van der Waals surface area (Å²) in [6, 6.07) is 10.5. The zero-order valence-electron chi connectivity index (χ0n) is 16.5. The third-order valence-corrected chi connectivity index (χ3v) is 5.32. The van der Waals surface area contributed by atoms with E-state index in [1.165, 1.54) is 5.56 Å². The molecule has 3 rings (SSSR count). The van der Waals surface area contributed by atoms with E-state index in [1.807, 2.05) is 31.7 Å². The third kappa shape index (κ3) is 6.33. The van der Waals surface area contributed by atoms with Gasteiger partial charge in [0.15, 0.2) is 0 Å². The van der Waals surface area contributed by atoms with Crippen molar-refractivity contribution < 1.29 is 9.53 Å². The average molecular weight is 388 g/mol. The van der Waals surface area contributed by atoms with Crippen LogP contribution in [0.3, 0.4) is 0 Å². The Labute approximate surface area is 166 Å². The second-order valence-electron chi connectivity index (χ2n) is 7.99.